The van der Waals surface area contributed by atoms with Gasteiger partial charge in [0.05, 0.1) is 6.20 Å². The Morgan fingerprint density at radius 3 is 2.50 bits per heavy atom. The maximum atomic E-state index is 12.3. The number of hydrogen-bond donors (Lipinski definition) is 1. The monoisotopic (exact) mass is 405 g/mol. The molecule has 1 aromatic carbocycles. The number of carbonyl (C=O) groups is 1. The summed E-state index contributed by atoms with van der Waals surface area (Å²) in [4.78, 5) is 18.7. The summed E-state index contributed by atoms with van der Waals surface area (Å²) >= 11 is 0. The van der Waals surface area contributed by atoms with Crippen LogP contribution in [0, 0.1) is 0 Å². The lowest BCUT2D eigenvalue weighted by Gasteiger charge is -2.31. The second-order valence-corrected chi connectivity index (χ2v) is 7.68. The molecule has 156 valence electrons. The largest absolute Gasteiger partial charge is 0.490 e. The van der Waals surface area contributed by atoms with Gasteiger partial charge in [0.25, 0.3) is 5.91 Å². The third-order valence-corrected chi connectivity index (χ3v) is 5.32. The van der Waals surface area contributed by atoms with Gasteiger partial charge in [0.1, 0.15) is 11.9 Å². The number of ether oxygens (including phenoxy) is 1. The van der Waals surface area contributed by atoms with Crippen LogP contribution in [-0.4, -0.2) is 44.8 Å². The van der Waals surface area contributed by atoms with E-state index in [1.54, 1.807) is 12.4 Å². The first-order valence-corrected chi connectivity index (χ1v) is 10.3. The molecule has 7 nitrogen and oxygen atoms in total. The summed E-state index contributed by atoms with van der Waals surface area (Å²) in [6.07, 6.45) is 9.63. The molecule has 0 unspecified atom stereocenters. The predicted molar refractivity (Wildman–Crippen MR) is 114 cm³/mol. The van der Waals surface area contributed by atoms with Crippen molar-refractivity contribution < 1.29 is 9.53 Å². The van der Waals surface area contributed by atoms with Crippen LogP contribution in [0.15, 0.2) is 61.2 Å². The van der Waals surface area contributed by atoms with Gasteiger partial charge in [0.2, 0.25) is 0 Å². The van der Waals surface area contributed by atoms with Gasteiger partial charge in [-0.1, -0.05) is 0 Å². The summed E-state index contributed by atoms with van der Waals surface area (Å²) in [5.74, 6) is 0.716. The first-order valence-electron chi connectivity index (χ1n) is 10.3. The fourth-order valence-corrected chi connectivity index (χ4v) is 3.66. The molecule has 1 amide bonds. The average molecular weight is 406 g/mol. The molecule has 3 aromatic rings. The standard InChI is InChI=1S/C23H27N5O2/c1-27-16-19(15-26-27)17-28-12-8-22(9-13-28)30-21-4-2-20(3-5-21)23(29)25-14-18-6-10-24-11-7-18/h2-7,10-11,15-16,22H,8-9,12-14,17H2,1H3,(H,25,29). The molecule has 0 saturated carbocycles. The molecule has 0 aliphatic carbocycles. The molecule has 0 bridgehead atoms. The second-order valence-electron chi connectivity index (χ2n) is 7.68. The number of piperidine rings is 1. The molecule has 4 rings (SSSR count). The van der Waals surface area contributed by atoms with Gasteiger partial charge in [0.15, 0.2) is 0 Å². The molecule has 1 aliphatic rings. The fraction of sp³-hybridized carbons (Fsp3) is 0.348. The van der Waals surface area contributed by atoms with E-state index in [4.69, 9.17) is 4.74 Å². The third-order valence-electron chi connectivity index (χ3n) is 5.32. The number of amides is 1. The van der Waals surface area contributed by atoms with Crippen LogP contribution in [0.3, 0.4) is 0 Å². The molecular formula is C23H27N5O2. The number of aromatic nitrogens is 3. The predicted octanol–water partition coefficient (Wildman–Crippen LogP) is 2.79. The zero-order chi connectivity index (χ0) is 20.8. The number of likely N-dealkylation sites (tertiary alicyclic amines) is 1. The van der Waals surface area contributed by atoms with E-state index in [-0.39, 0.29) is 12.0 Å². The van der Waals surface area contributed by atoms with Crippen LogP contribution < -0.4 is 10.1 Å². The lowest BCUT2D eigenvalue weighted by molar-refractivity contribution is 0.0948. The molecule has 1 saturated heterocycles. The van der Waals surface area contributed by atoms with Gasteiger partial charge in [-0.3, -0.25) is 19.4 Å². The molecule has 2 aromatic heterocycles. The zero-order valence-electron chi connectivity index (χ0n) is 17.2. The highest BCUT2D eigenvalue weighted by Gasteiger charge is 2.21. The van der Waals surface area contributed by atoms with Crippen LogP contribution >= 0.6 is 0 Å². The molecule has 0 radical (unpaired) electrons. The van der Waals surface area contributed by atoms with Crippen LogP contribution in [0.4, 0.5) is 0 Å². The normalized spacial score (nSPS) is 15.1. The summed E-state index contributed by atoms with van der Waals surface area (Å²) in [5, 5.41) is 7.16. The van der Waals surface area contributed by atoms with Crippen molar-refractivity contribution in [3.05, 3.63) is 77.9 Å². The van der Waals surface area contributed by atoms with E-state index >= 15 is 0 Å². The van der Waals surface area contributed by atoms with Crippen LogP contribution in [0.2, 0.25) is 0 Å². The van der Waals surface area contributed by atoms with E-state index in [9.17, 15) is 4.79 Å². The Kier molecular flexibility index (Phi) is 6.39. The van der Waals surface area contributed by atoms with Gasteiger partial charge in [-0.2, -0.15) is 5.10 Å². The first-order chi connectivity index (χ1) is 14.7. The Morgan fingerprint density at radius 1 is 1.10 bits per heavy atom. The molecule has 1 N–H and O–H groups in total. The molecular weight excluding hydrogens is 378 g/mol. The molecule has 3 heterocycles. The number of nitrogens with one attached hydrogen (secondary N) is 1. The van der Waals surface area contributed by atoms with E-state index in [1.165, 1.54) is 5.56 Å². The van der Waals surface area contributed by atoms with Gasteiger partial charge in [-0.05, 0) is 54.8 Å². The van der Waals surface area contributed by atoms with Crippen molar-refractivity contribution in [2.75, 3.05) is 13.1 Å². The van der Waals surface area contributed by atoms with Crippen molar-refractivity contribution in [2.24, 2.45) is 7.05 Å². The van der Waals surface area contributed by atoms with Gasteiger partial charge < -0.3 is 10.1 Å². The van der Waals surface area contributed by atoms with Crippen LogP contribution in [0.1, 0.15) is 34.3 Å². The topological polar surface area (TPSA) is 72.3 Å². The minimum atomic E-state index is -0.0953. The van der Waals surface area contributed by atoms with Crippen molar-refractivity contribution in [1.29, 1.82) is 0 Å². The molecule has 1 aliphatic heterocycles. The number of rotatable bonds is 7. The van der Waals surface area contributed by atoms with Crippen molar-refractivity contribution in [3.63, 3.8) is 0 Å². The van der Waals surface area contributed by atoms with Gasteiger partial charge in [0, 0.05) is 62.9 Å². The van der Waals surface area contributed by atoms with E-state index in [0.717, 1.165) is 43.8 Å². The maximum absolute atomic E-state index is 12.3. The summed E-state index contributed by atoms with van der Waals surface area (Å²) in [5.41, 5.74) is 2.89. The summed E-state index contributed by atoms with van der Waals surface area (Å²) in [6, 6.07) is 11.2. The highest BCUT2D eigenvalue weighted by Crippen LogP contribution is 2.20. The highest BCUT2D eigenvalue weighted by atomic mass is 16.5. The summed E-state index contributed by atoms with van der Waals surface area (Å²) in [6.45, 7) is 3.44. The fourth-order valence-electron chi connectivity index (χ4n) is 3.66. The Hall–Kier alpha value is -3.19. The number of pyridine rings is 1. The van der Waals surface area contributed by atoms with Crippen molar-refractivity contribution in [1.82, 2.24) is 25.0 Å². The lowest BCUT2D eigenvalue weighted by Crippen LogP contribution is -2.37. The van der Waals surface area contributed by atoms with E-state index < -0.39 is 0 Å². The second kappa shape index (κ2) is 9.54. The Morgan fingerprint density at radius 2 is 1.83 bits per heavy atom. The van der Waals surface area contributed by atoms with Crippen LogP contribution in [0.25, 0.3) is 0 Å². The van der Waals surface area contributed by atoms with Crippen molar-refractivity contribution in [2.45, 2.75) is 32.0 Å². The SMILES string of the molecule is Cn1cc(CN2CCC(Oc3ccc(C(=O)NCc4ccncc4)cc3)CC2)cn1. The van der Waals surface area contributed by atoms with Crippen LogP contribution in [-0.2, 0) is 20.1 Å². The van der Waals surface area contributed by atoms with Crippen LogP contribution in [0.5, 0.6) is 5.75 Å². The molecule has 1 fully saturated rings. The number of nitrogens with zero attached hydrogens (tertiary/aromatic N) is 4. The number of hydrogen-bond acceptors (Lipinski definition) is 5. The third kappa shape index (κ3) is 5.45. The Balaban J connectivity index is 1.22. The zero-order valence-corrected chi connectivity index (χ0v) is 17.2. The quantitative estimate of drug-likeness (QED) is 0.654. The maximum Gasteiger partial charge on any atom is 0.251 e. The van der Waals surface area contributed by atoms with E-state index in [1.807, 2.05) is 54.3 Å². The van der Waals surface area contributed by atoms with Gasteiger partial charge >= 0.3 is 0 Å². The van der Waals surface area contributed by atoms with Gasteiger partial charge in [-0.15, -0.1) is 0 Å². The minimum Gasteiger partial charge on any atom is -0.490 e. The van der Waals surface area contributed by atoms with Crippen molar-refractivity contribution in [3.8, 4) is 5.75 Å². The van der Waals surface area contributed by atoms with E-state index in [2.05, 4.69) is 26.5 Å². The number of aryl methyl sites for hydroxylation is 1. The summed E-state index contributed by atoms with van der Waals surface area (Å²) in [7, 11) is 1.94. The minimum absolute atomic E-state index is 0.0953. The van der Waals surface area contributed by atoms with Gasteiger partial charge in [-0.25, -0.2) is 0 Å². The first kappa shape index (κ1) is 20.1. The number of carbonyl (C=O) groups excluding carboxylic acids is 1. The Labute approximate surface area is 176 Å². The lowest BCUT2D eigenvalue weighted by atomic mass is 10.1. The van der Waals surface area contributed by atoms with Crippen molar-refractivity contribution >= 4 is 5.91 Å². The number of benzene rings is 1. The average Bonchev–Trinajstić information content (AvgIpc) is 3.19. The molecule has 0 atom stereocenters. The molecule has 7 heteroatoms. The molecule has 0 spiro atoms. The molecule has 30 heavy (non-hydrogen) atoms. The smallest absolute Gasteiger partial charge is 0.251 e. The highest BCUT2D eigenvalue weighted by molar-refractivity contribution is 5.94. The van der Waals surface area contributed by atoms with E-state index in [0.29, 0.717) is 12.1 Å². The summed E-state index contributed by atoms with van der Waals surface area (Å²) < 4.78 is 7.98. The Bertz CT molecular complexity index is 947.